The quantitative estimate of drug-likeness (QED) is 0.753. The highest BCUT2D eigenvalue weighted by Crippen LogP contribution is 2.18. The summed E-state index contributed by atoms with van der Waals surface area (Å²) in [5, 5.41) is 11.3. The van der Waals surface area contributed by atoms with E-state index in [0.29, 0.717) is 11.4 Å². The second-order valence-corrected chi connectivity index (χ2v) is 4.33. The first-order valence-corrected chi connectivity index (χ1v) is 5.98. The van der Waals surface area contributed by atoms with Gasteiger partial charge in [0, 0.05) is 22.7 Å². The first-order chi connectivity index (χ1) is 9.24. The third kappa shape index (κ3) is 2.28. The Hall–Kier alpha value is -2.40. The van der Waals surface area contributed by atoms with Crippen LogP contribution in [0.2, 0.25) is 5.15 Å². The third-order valence-corrected chi connectivity index (χ3v) is 2.91. The maximum atomic E-state index is 12.2. The summed E-state index contributed by atoms with van der Waals surface area (Å²) in [5.41, 5.74) is 1.49. The van der Waals surface area contributed by atoms with Crippen molar-refractivity contribution >= 4 is 34.2 Å². The first kappa shape index (κ1) is 11.7. The van der Waals surface area contributed by atoms with Gasteiger partial charge >= 0.3 is 0 Å². The minimum Gasteiger partial charge on any atom is -0.361 e. The van der Waals surface area contributed by atoms with E-state index in [9.17, 15) is 4.79 Å². The minimum absolute atomic E-state index is 0.234. The summed E-state index contributed by atoms with van der Waals surface area (Å²) in [6, 6.07) is 10.5. The normalized spacial score (nSPS) is 10.6. The van der Waals surface area contributed by atoms with Crippen LogP contribution >= 0.6 is 11.6 Å². The molecule has 0 saturated heterocycles. The lowest BCUT2D eigenvalue weighted by Gasteiger charge is -2.04. The molecule has 94 valence electrons. The van der Waals surface area contributed by atoms with Crippen LogP contribution in [0.25, 0.3) is 10.9 Å². The number of H-pyrrole nitrogens is 1. The summed E-state index contributed by atoms with van der Waals surface area (Å²) >= 11 is 5.64. The SMILES string of the molecule is O=C(Nc1ccc(Cl)nn1)c1cccc2[nH]ccc12. The van der Waals surface area contributed by atoms with Crippen molar-refractivity contribution in [3.8, 4) is 0 Å². The van der Waals surface area contributed by atoms with Gasteiger partial charge in [0.25, 0.3) is 5.91 Å². The van der Waals surface area contributed by atoms with Crippen molar-refractivity contribution in [1.82, 2.24) is 15.2 Å². The largest absolute Gasteiger partial charge is 0.361 e. The Morgan fingerprint density at radius 3 is 2.84 bits per heavy atom. The Morgan fingerprint density at radius 2 is 2.05 bits per heavy atom. The number of anilines is 1. The highest BCUT2D eigenvalue weighted by atomic mass is 35.5. The summed E-state index contributed by atoms with van der Waals surface area (Å²) in [6.45, 7) is 0. The molecule has 0 radical (unpaired) electrons. The Kier molecular flexibility index (Phi) is 2.89. The van der Waals surface area contributed by atoms with Gasteiger partial charge in [-0.2, -0.15) is 0 Å². The Labute approximate surface area is 113 Å². The number of amides is 1. The summed E-state index contributed by atoms with van der Waals surface area (Å²) in [6.07, 6.45) is 1.80. The van der Waals surface area contributed by atoms with E-state index in [1.54, 1.807) is 24.4 Å². The Morgan fingerprint density at radius 1 is 1.16 bits per heavy atom. The Balaban J connectivity index is 1.92. The molecular weight excluding hydrogens is 264 g/mol. The number of benzene rings is 1. The van der Waals surface area contributed by atoms with Crippen molar-refractivity contribution < 1.29 is 4.79 Å². The molecule has 0 aliphatic carbocycles. The van der Waals surface area contributed by atoms with Gasteiger partial charge in [-0.1, -0.05) is 17.7 Å². The number of rotatable bonds is 2. The van der Waals surface area contributed by atoms with Crippen molar-refractivity contribution in [3.05, 3.63) is 53.3 Å². The number of carbonyl (C=O) groups excluding carboxylic acids is 1. The van der Waals surface area contributed by atoms with Gasteiger partial charge in [0.15, 0.2) is 11.0 Å². The van der Waals surface area contributed by atoms with Gasteiger partial charge in [0.1, 0.15) is 0 Å². The van der Waals surface area contributed by atoms with Gasteiger partial charge in [-0.15, -0.1) is 10.2 Å². The summed E-state index contributed by atoms with van der Waals surface area (Å²) in [7, 11) is 0. The van der Waals surface area contributed by atoms with E-state index < -0.39 is 0 Å². The molecule has 19 heavy (non-hydrogen) atoms. The number of aromatic nitrogens is 3. The molecule has 3 aromatic rings. The molecule has 2 heterocycles. The average Bonchev–Trinajstić information content (AvgIpc) is 2.89. The zero-order chi connectivity index (χ0) is 13.2. The minimum atomic E-state index is -0.234. The maximum absolute atomic E-state index is 12.2. The second-order valence-electron chi connectivity index (χ2n) is 3.94. The number of aromatic amines is 1. The molecule has 0 atom stereocenters. The van der Waals surface area contributed by atoms with E-state index in [0.717, 1.165) is 10.9 Å². The number of hydrogen-bond acceptors (Lipinski definition) is 3. The van der Waals surface area contributed by atoms with E-state index in [1.165, 1.54) is 0 Å². The standard InChI is InChI=1S/C13H9ClN4O/c14-11-4-5-12(18-17-11)16-13(19)9-2-1-3-10-8(9)6-7-15-10/h1-7,15H,(H,16,18,19). The molecule has 0 aliphatic rings. The topological polar surface area (TPSA) is 70.7 Å². The zero-order valence-electron chi connectivity index (χ0n) is 9.72. The highest BCUT2D eigenvalue weighted by Gasteiger charge is 2.11. The van der Waals surface area contributed by atoms with Crippen LogP contribution in [0, 0.1) is 0 Å². The van der Waals surface area contributed by atoms with E-state index >= 15 is 0 Å². The van der Waals surface area contributed by atoms with Crippen LogP contribution in [0.5, 0.6) is 0 Å². The van der Waals surface area contributed by atoms with Gasteiger partial charge in [0.2, 0.25) is 0 Å². The summed E-state index contributed by atoms with van der Waals surface area (Å²) < 4.78 is 0. The van der Waals surface area contributed by atoms with Crippen LogP contribution in [-0.4, -0.2) is 21.1 Å². The number of nitrogens with zero attached hydrogens (tertiary/aromatic N) is 2. The van der Waals surface area contributed by atoms with Crippen LogP contribution in [0.4, 0.5) is 5.82 Å². The molecule has 1 amide bonds. The first-order valence-electron chi connectivity index (χ1n) is 5.61. The molecule has 0 aliphatic heterocycles. The van der Waals surface area contributed by atoms with Gasteiger partial charge in [0.05, 0.1) is 0 Å². The molecule has 0 bridgehead atoms. The fourth-order valence-corrected chi connectivity index (χ4v) is 1.95. The number of nitrogens with one attached hydrogen (secondary N) is 2. The molecule has 2 aromatic heterocycles. The monoisotopic (exact) mass is 272 g/mol. The van der Waals surface area contributed by atoms with E-state index in [4.69, 9.17) is 11.6 Å². The van der Waals surface area contributed by atoms with Gasteiger partial charge in [-0.25, -0.2) is 0 Å². The van der Waals surface area contributed by atoms with E-state index in [-0.39, 0.29) is 11.1 Å². The predicted molar refractivity (Wildman–Crippen MR) is 73.3 cm³/mol. The molecule has 0 fully saturated rings. The molecular formula is C13H9ClN4O. The molecule has 0 saturated carbocycles. The number of fused-ring (bicyclic) bond motifs is 1. The lowest BCUT2D eigenvalue weighted by Crippen LogP contribution is -2.13. The molecule has 0 spiro atoms. The van der Waals surface area contributed by atoms with Crippen LogP contribution in [0.15, 0.2) is 42.6 Å². The molecule has 1 aromatic carbocycles. The molecule has 3 rings (SSSR count). The second kappa shape index (κ2) is 4.70. The lowest BCUT2D eigenvalue weighted by molar-refractivity contribution is 0.102. The van der Waals surface area contributed by atoms with Gasteiger partial charge in [-0.3, -0.25) is 4.79 Å². The van der Waals surface area contributed by atoms with Crippen LogP contribution in [0.1, 0.15) is 10.4 Å². The highest BCUT2D eigenvalue weighted by molar-refractivity contribution is 6.29. The van der Waals surface area contributed by atoms with Crippen molar-refractivity contribution in [2.45, 2.75) is 0 Å². The molecule has 5 nitrogen and oxygen atoms in total. The zero-order valence-corrected chi connectivity index (χ0v) is 10.5. The van der Waals surface area contributed by atoms with Crippen molar-refractivity contribution in [2.75, 3.05) is 5.32 Å². The van der Waals surface area contributed by atoms with Crippen LogP contribution in [-0.2, 0) is 0 Å². The van der Waals surface area contributed by atoms with Crippen LogP contribution in [0.3, 0.4) is 0 Å². The van der Waals surface area contributed by atoms with Crippen molar-refractivity contribution in [1.29, 1.82) is 0 Å². The molecule has 6 heteroatoms. The predicted octanol–water partition coefficient (Wildman–Crippen LogP) is 2.86. The smallest absolute Gasteiger partial charge is 0.257 e. The Bertz CT molecular complexity index is 736. The van der Waals surface area contributed by atoms with Crippen molar-refractivity contribution in [3.63, 3.8) is 0 Å². The van der Waals surface area contributed by atoms with Crippen molar-refractivity contribution in [2.24, 2.45) is 0 Å². The summed E-state index contributed by atoms with van der Waals surface area (Å²) in [4.78, 5) is 15.2. The fraction of sp³-hybridized carbons (Fsp3) is 0. The van der Waals surface area contributed by atoms with E-state index in [1.807, 2.05) is 18.2 Å². The third-order valence-electron chi connectivity index (χ3n) is 2.71. The summed E-state index contributed by atoms with van der Waals surface area (Å²) in [5.74, 6) is 0.128. The number of carbonyl (C=O) groups is 1. The average molecular weight is 273 g/mol. The number of halogens is 1. The lowest BCUT2D eigenvalue weighted by atomic mass is 10.1. The van der Waals surface area contributed by atoms with E-state index in [2.05, 4.69) is 20.5 Å². The molecule has 0 unspecified atom stereocenters. The maximum Gasteiger partial charge on any atom is 0.257 e. The van der Waals surface area contributed by atoms with Gasteiger partial charge < -0.3 is 10.3 Å². The van der Waals surface area contributed by atoms with Gasteiger partial charge in [-0.05, 0) is 30.3 Å². The fourth-order valence-electron chi connectivity index (χ4n) is 1.85. The molecule has 2 N–H and O–H groups in total. The van der Waals surface area contributed by atoms with Crippen LogP contribution < -0.4 is 5.32 Å². The number of hydrogen-bond donors (Lipinski definition) is 2.